The molecule has 0 spiro atoms. The van der Waals surface area contributed by atoms with Crippen LogP contribution in [0.4, 0.5) is 0 Å². The van der Waals surface area contributed by atoms with Crippen molar-refractivity contribution in [2.45, 2.75) is 30.8 Å². The van der Waals surface area contributed by atoms with Crippen molar-refractivity contribution in [3.8, 4) is 40.2 Å². The molecule has 184 valence electrons. The van der Waals surface area contributed by atoms with Crippen molar-refractivity contribution in [1.82, 2.24) is 0 Å². The van der Waals surface area contributed by atoms with Crippen LogP contribution < -0.4 is 18.9 Å². The number of ether oxygens (including phenoxy) is 4. The summed E-state index contributed by atoms with van der Waals surface area (Å²) in [6.45, 7) is -0.324. The van der Waals surface area contributed by atoms with E-state index in [0.29, 0.717) is 32.7 Å². The van der Waals surface area contributed by atoms with Gasteiger partial charge in [-0.2, -0.15) is 0 Å². The summed E-state index contributed by atoms with van der Waals surface area (Å²) in [5.41, 5.74) is 1.61. The molecule has 3 aromatic rings. The van der Waals surface area contributed by atoms with Crippen molar-refractivity contribution >= 4 is 15.9 Å². The van der Waals surface area contributed by atoms with Crippen LogP contribution in [0.25, 0.3) is 0 Å². The summed E-state index contributed by atoms with van der Waals surface area (Å²) in [5, 5.41) is 50.6. The van der Waals surface area contributed by atoms with Crippen LogP contribution in [-0.2, 0) is 6.42 Å². The Morgan fingerprint density at radius 1 is 0.914 bits per heavy atom. The summed E-state index contributed by atoms with van der Waals surface area (Å²) >= 11 is 3.48. The zero-order valence-electron chi connectivity index (χ0n) is 18.5. The molecule has 35 heavy (non-hydrogen) atoms. The standard InChI is InChI=1S/C25H23BrO9/c1-32-20-5-11(2-3-16(20)29)24-22(10-27)35-25-15(26)4-12(6-21(25)34-24)23-18(31)9-14-17(30)7-13(28)8-19(14)33-23/h2-8,18,22-24,27-31H,9-10H2,1H3. The number of phenolic OH excluding ortho intramolecular Hbond substituents is 3. The van der Waals surface area contributed by atoms with E-state index in [2.05, 4.69) is 15.9 Å². The van der Waals surface area contributed by atoms with Crippen molar-refractivity contribution in [2.75, 3.05) is 13.7 Å². The fourth-order valence-electron chi connectivity index (χ4n) is 4.42. The second-order valence-electron chi connectivity index (χ2n) is 8.39. The topological polar surface area (TPSA) is 138 Å². The minimum Gasteiger partial charge on any atom is -0.508 e. The molecular formula is C25H23BrO9. The Hall–Kier alpha value is -3.34. The molecule has 0 fully saturated rings. The first kappa shape index (κ1) is 23.4. The molecule has 5 rings (SSSR count). The summed E-state index contributed by atoms with van der Waals surface area (Å²) in [6, 6.07) is 10.7. The van der Waals surface area contributed by atoms with Gasteiger partial charge in [-0.15, -0.1) is 0 Å². The van der Waals surface area contributed by atoms with Gasteiger partial charge >= 0.3 is 0 Å². The zero-order valence-corrected chi connectivity index (χ0v) is 20.1. The van der Waals surface area contributed by atoms with Gasteiger partial charge in [0.25, 0.3) is 0 Å². The first-order valence-corrected chi connectivity index (χ1v) is 11.6. The molecule has 0 radical (unpaired) electrons. The normalized spacial score (nSPS) is 22.7. The van der Waals surface area contributed by atoms with Gasteiger partial charge in [-0.1, -0.05) is 6.07 Å². The van der Waals surface area contributed by atoms with Gasteiger partial charge in [-0.05, 0) is 40.2 Å². The highest BCUT2D eigenvalue weighted by atomic mass is 79.9. The average molecular weight is 547 g/mol. The second-order valence-corrected chi connectivity index (χ2v) is 9.24. The summed E-state index contributed by atoms with van der Waals surface area (Å²) in [5.74, 6) is 0.947. The Morgan fingerprint density at radius 2 is 1.69 bits per heavy atom. The maximum Gasteiger partial charge on any atom is 0.176 e. The van der Waals surface area contributed by atoms with Crippen molar-refractivity contribution in [3.05, 3.63) is 63.6 Å². The minimum atomic E-state index is -0.977. The van der Waals surface area contributed by atoms with E-state index in [1.165, 1.54) is 25.3 Å². The number of phenols is 3. The summed E-state index contributed by atoms with van der Waals surface area (Å²) in [4.78, 5) is 0. The number of halogens is 1. The number of aromatic hydroxyl groups is 3. The number of aliphatic hydroxyl groups excluding tert-OH is 2. The first-order chi connectivity index (χ1) is 16.8. The van der Waals surface area contributed by atoms with Gasteiger partial charge in [0.1, 0.15) is 17.2 Å². The van der Waals surface area contributed by atoms with Crippen molar-refractivity contribution in [1.29, 1.82) is 0 Å². The lowest BCUT2D eigenvalue weighted by Crippen LogP contribution is -2.36. The third-order valence-corrected chi connectivity index (χ3v) is 6.71. The Bertz CT molecular complexity index is 1280. The monoisotopic (exact) mass is 546 g/mol. The van der Waals surface area contributed by atoms with Crippen LogP contribution in [0, 0.1) is 0 Å². The number of hydrogen-bond donors (Lipinski definition) is 5. The van der Waals surface area contributed by atoms with Crippen LogP contribution in [0.5, 0.6) is 40.2 Å². The van der Waals surface area contributed by atoms with Gasteiger partial charge < -0.3 is 44.5 Å². The maximum absolute atomic E-state index is 10.8. The predicted octanol–water partition coefficient (Wildman–Crippen LogP) is 3.49. The fourth-order valence-corrected chi connectivity index (χ4v) is 4.97. The van der Waals surface area contributed by atoms with E-state index >= 15 is 0 Å². The van der Waals surface area contributed by atoms with Crippen LogP contribution >= 0.6 is 15.9 Å². The molecule has 0 bridgehead atoms. The largest absolute Gasteiger partial charge is 0.508 e. The van der Waals surface area contributed by atoms with E-state index in [4.69, 9.17) is 18.9 Å². The second kappa shape index (κ2) is 9.03. The molecule has 2 heterocycles. The number of methoxy groups -OCH3 is 1. The fraction of sp³-hybridized carbons (Fsp3) is 0.280. The lowest BCUT2D eigenvalue weighted by molar-refractivity contribution is -0.0139. The quantitative estimate of drug-likeness (QED) is 0.332. The van der Waals surface area contributed by atoms with Crippen LogP contribution in [0.15, 0.2) is 46.9 Å². The first-order valence-electron chi connectivity index (χ1n) is 10.8. The van der Waals surface area contributed by atoms with E-state index in [1.54, 1.807) is 24.3 Å². The number of hydrogen-bond acceptors (Lipinski definition) is 9. The molecule has 4 unspecified atom stereocenters. The minimum absolute atomic E-state index is 0.0280. The van der Waals surface area contributed by atoms with Crippen LogP contribution in [-0.4, -0.2) is 51.5 Å². The smallest absolute Gasteiger partial charge is 0.176 e. The van der Waals surface area contributed by atoms with Gasteiger partial charge in [-0.3, -0.25) is 0 Å². The SMILES string of the molecule is COc1cc(C2Oc3cc(C4Oc5cc(O)cc(O)c5CC4O)cc(Br)c3OC2CO)ccc1O. The van der Waals surface area contributed by atoms with E-state index in [0.717, 1.165) is 0 Å². The third kappa shape index (κ3) is 4.18. The average Bonchev–Trinajstić information content (AvgIpc) is 2.83. The van der Waals surface area contributed by atoms with Crippen LogP contribution in [0.3, 0.4) is 0 Å². The number of fused-ring (bicyclic) bond motifs is 2. The van der Waals surface area contributed by atoms with Crippen molar-refractivity contribution < 1.29 is 44.5 Å². The third-order valence-electron chi connectivity index (χ3n) is 6.12. The van der Waals surface area contributed by atoms with Gasteiger partial charge in [0.2, 0.25) is 0 Å². The van der Waals surface area contributed by atoms with Crippen molar-refractivity contribution in [3.63, 3.8) is 0 Å². The molecule has 0 saturated heterocycles. The van der Waals surface area contributed by atoms with Crippen LogP contribution in [0.1, 0.15) is 28.9 Å². The molecule has 0 saturated carbocycles. The zero-order chi connectivity index (χ0) is 24.9. The van der Waals surface area contributed by atoms with E-state index in [9.17, 15) is 25.5 Å². The number of rotatable bonds is 4. The highest BCUT2D eigenvalue weighted by molar-refractivity contribution is 9.10. The van der Waals surface area contributed by atoms with Gasteiger partial charge in [0.15, 0.2) is 41.3 Å². The van der Waals surface area contributed by atoms with Crippen molar-refractivity contribution in [2.24, 2.45) is 0 Å². The molecule has 4 atom stereocenters. The Kier molecular flexibility index (Phi) is 6.04. The molecular weight excluding hydrogens is 524 g/mol. The van der Waals surface area contributed by atoms with Gasteiger partial charge in [0.05, 0.1) is 24.3 Å². The molecule has 9 nitrogen and oxygen atoms in total. The highest BCUT2D eigenvalue weighted by Crippen LogP contribution is 2.48. The highest BCUT2D eigenvalue weighted by Gasteiger charge is 2.37. The molecule has 10 heteroatoms. The number of benzene rings is 3. The molecule has 0 aromatic heterocycles. The summed E-state index contributed by atoms with van der Waals surface area (Å²) < 4.78 is 24.0. The number of aliphatic hydroxyl groups is 2. The van der Waals surface area contributed by atoms with Crippen LogP contribution in [0.2, 0.25) is 0 Å². The molecule has 2 aliphatic heterocycles. The Labute approximate surface area is 208 Å². The summed E-state index contributed by atoms with van der Waals surface area (Å²) in [6.07, 6.45) is -3.10. The van der Waals surface area contributed by atoms with E-state index in [-0.39, 0.29) is 41.8 Å². The van der Waals surface area contributed by atoms with E-state index < -0.39 is 24.4 Å². The molecule has 2 aliphatic rings. The molecule has 5 N–H and O–H groups in total. The van der Waals surface area contributed by atoms with E-state index in [1.807, 2.05) is 0 Å². The Balaban J connectivity index is 1.51. The molecule has 3 aromatic carbocycles. The predicted molar refractivity (Wildman–Crippen MR) is 127 cm³/mol. The summed E-state index contributed by atoms with van der Waals surface area (Å²) in [7, 11) is 1.44. The lowest BCUT2D eigenvalue weighted by atomic mass is 9.93. The molecule has 0 amide bonds. The molecule has 0 aliphatic carbocycles. The van der Waals surface area contributed by atoms with Gasteiger partial charge in [-0.25, -0.2) is 0 Å². The lowest BCUT2D eigenvalue weighted by Gasteiger charge is -2.36. The van der Waals surface area contributed by atoms with Gasteiger partial charge in [0, 0.05) is 35.2 Å². The maximum atomic E-state index is 10.8. The Morgan fingerprint density at radius 3 is 2.43 bits per heavy atom.